The molecule has 7 heteroatoms. The van der Waals surface area contributed by atoms with Gasteiger partial charge in [-0.2, -0.15) is 5.26 Å². The smallest absolute Gasteiger partial charge is 0.407 e. The number of nitrogens with zero attached hydrogens (tertiary/aromatic N) is 4. The van der Waals surface area contributed by atoms with Crippen molar-refractivity contribution in [3.05, 3.63) is 78.0 Å². The van der Waals surface area contributed by atoms with Gasteiger partial charge in [0.1, 0.15) is 0 Å². The van der Waals surface area contributed by atoms with Crippen molar-refractivity contribution in [3.8, 4) is 28.5 Å². The summed E-state index contributed by atoms with van der Waals surface area (Å²) in [5.74, 6) is 0. The van der Waals surface area contributed by atoms with Gasteiger partial charge in [0, 0.05) is 23.9 Å². The van der Waals surface area contributed by atoms with Crippen molar-refractivity contribution >= 4 is 17.1 Å². The molecule has 0 radical (unpaired) electrons. The van der Waals surface area contributed by atoms with Crippen molar-refractivity contribution in [1.29, 1.82) is 5.26 Å². The summed E-state index contributed by atoms with van der Waals surface area (Å²) in [6, 6.07) is 22.1. The highest BCUT2D eigenvalue weighted by Gasteiger charge is 2.24. The summed E-state index contributed by atoms with van der Waals surface area (Å²) in [4.78, 5) is 17.8. The molecule has 1 atom stereocenters. The Balaban J connectivity index is 1.58. The van der Waals surface area contributed by atoms with Crippen molar-refractivity contribution < 1.29 is 14.6 Å². The van der Waals surface area contributed by atoms with E-state index in [4.69, 9.17) is 9.72 Å². The molecule has 0 aliphatic carbocycles. The maximum Gasteiger partial charge on any atom is 0.407 e. The first-order valence-corrected chi connectivity index (χ1v) is 11.2. The van der Waals surface area contributed by atoms with Crippen molar-refractivity contribution in [2.24, 2.45) is 0 Å². The third kappa shape index (κ3) is 4.24. The van der Waals surface area contributed by atoms with E-state index < -0.39 is 6.09 Å². The number of carboxylic acid groups (broad SMARTS) is 1. The van der Waals surface area contributed by atoms with E-state index >= 15 is 0 Å². The number of carbonyl (C=O) groups is 1. The molecular weight excluding hydrogens is 428 g/mol. The van der Waals surface area contributed by atoms with Crippen LogP contribution in [-0.4, -0.2) is 51.5 Å². The van der Waals surface area contributed by atoms with E-state index in [9.17, 15) is 15.2 Å². The minimum atomic E-state index is -0.918. The van der Waals surface area contributed by atoms with Crippen LogP contribution in [0.2, 0.25) is 0 Å². The van der Waals surface area contributed by atoms with Crippen molar-refractivity contribution in [2.45, 2.75) is 19.6 Å². The molecule has 1 fully saturated rings. The summed E-state index contributed by atoms with van der Waals surface area (Å²) < 4.78 is 7.92. The minimum absolute atomic E-state index is 0.226. The Hall–Kier alpha value is -4.15. The number of amides is 1. The SMILES string of the molecule is Cc1ccc(-c2nc3ccn(C[C@@H]4CN(C(=O)O)CCO4)c3cc2-c2ccc(C#N)cc2)cc1. The van der Waals surface area contributed by atoms with E-state index in [-0.39, 0.29) is 6.10 Å². The Morgan fingerprint density at radius 1 is 1.15 bits per heavy atom. The summed E-state index contributed by atoms with van der Waals surface area (Å²) >= 11 is 0. The Kier molecular flexibility index (Phi) is 5.74. The Morgan fingerprint density at radius 3 is 2.59 bits per heavy atom. The molecule has 34 heavy (non-hydrogen) atoms. The maximum absolute atomic E-state index is 11.4. The van der Waals surface area contributed by atoms with Crippen molar-refractivity contribution in [2.75, 3.05) is 19.7 Å². The van der Waals surface area contributed by atoms with E-state index in [0.29, 0.717) is 31.8 Å². The summed E-state index contributed by atoms with van der Waals surface area (Å²) in [5.41, 5.74) is 7.44. The normalized spacial score (nSPS) is 15.9. The largest absolute Gasteiger partial charge is 0.465 e. The zero-order chi connectivity index (χ0) is 23.7. The molecule has 170 valence electrons. The first-order chi connectivity index (χ1) is 16.5. The summed E-state index contributed by atoms with van der Waals surface area (Å²) in [6.07, 6.45) is 0.830. The average Bonchev–Trinajstić information content (AvgIpc) is 3.25. The maximum atomic E-state index is 11.4. The van der Waals surface area contributed by atoms with Gasteiger partial charge in [0.05, 0.1) is 54.2 Å². The van der Waals surface area contributed by atoms with Crippen LogP contribution >= 0.6 is 0 Å². The molecule has 0 unspecified atom stereocenters. The van der Waals surface area contributed by atoms with E-state index in [1.165, 1.54) is 10.5 Å². The number of morpholine rings is 1. The lowest BCUT2D eigenvalue weighted by molar-refractivity contribution is -0.0287. The molecule has 7 nitrogen and oxygen atoms in total. The molecule has 0 spiro atoms. The Morgan fingerprint density at radius 2 is 1.88 bits per heavy atom. The van der Waals surface area contributed by atoms with Crippen LogP contribution in [0.3, 0.4) is 0 Å². The molecule has 0 bridgehead atoms. The number of fused-ring (bicyclic) bond motifs is 1. The molecule has 1 N–H and O–H groups in total. The van der Waals surface area contributed by atoms with Crippen LogP contribution in [-0.2, 0) is 11.3 Å². The van der Waals surface area contributed by atoms with Gasteiger partial charge in [0.15, 0.2) is 0 Å². The second-order valence-corrected chi connectivity index (χ2v) is 8.53. The van der Waals surface area contributed by atoms with Crippen LogP contribution < -0.4 is 0 Å². The molecule has 3 heterocycles. The van der Waals surface area contributed by atoms with Crippen molar-refractivity contribution in [3.63, 3.8) is 0 Å². The number of hydrogen-bond acceptors (Lipinski definition) is 4. The molecule has 1 saturated heterocycles. The number of hydrogen-bond donors (Lipinski definition) is 1. The molecule has 5 rings (SSSR count). The lowest BCUT2D eigenvalue weighted by atomic mass is 9.97. The van der Waals surface area contributed by atoms with E-state index in [1.807, 2.05) is 36.5 Å². The van der Waals surface area contributed by atoms with Gasteiger partial charge in [-0.1, -0.05) is 42.0 Å². The highest BCUT2D eigenvalue weighted by molar-refractivity contribution is 5.90. The van der Waals surface area contributed by atoms with Crippen LogP contribution in [0, 0.1) is 18.3 Å². The molecule has 1 amide bonds. The van der Waals surface area contributed by atoms with Crippen LogP contribution in [0.5, 0.6) is 0 Å². The third-order valence-electron chi connectivity index (χ3n) is 6.21. The molecule has 0 saturated carbocycles. The zero-order valence-electron chi connectivity index (χ0n) is 18.8. The Bertz CT molecular complexity index is 1380. The van der Waals surface area contributed by atoms with Gasteiger partial charge in [0.25, 0.3) is 0 Å². The number of pyridine rings is 1. The van der Waals surface area contributed by atoms with E-state index in [1.54, 1.807) is 0 Å². The number of rotatable bonds is 4. The van der Waals surface area contributed by atoms with Gasteiger partial charge < -0.3 is 19.3 Å². The number of benzene rings is 2. The fourth-order valence-electron chi connectivity index (χ4n) is 4.37. The van der Waals surface area contributed by atoms with Gasteiger partial charge in [0.2, 0.25) is 0 Å². The lowest BCUT2D eigenvalue weighted by Gasteiger charge is -2.31. The summed E-state index contributed by atoms with van der Waals surface area (Å²) in [6.45, 7) is 3.71. The Labute approximate surface area is 197 Å². The second-order valence-electron chi connectivity index (χ2n) is 8.53. The highest BCUT2D eigenvalue weighted by atomic mass is 16.5. The predicted molar refractivity (Wildman–Crippen MR) is 129 cm³/mol. The average molecular weight is 453 g/mol. The monoisotopic (exact) mass is 452 g/mol. The first kappa shape index (κ1) is 21.7. The quantitative estimate of drug-likeness (QED) is 0.474. The topological polar surface area (TPSA) is 91.4 Å². The summed E-state index contributed by atoms with van der Waals surface area (Å²) in [7, 11) is 0. The molecule has 4 aromatic rings. The zero-order valence-corrected chi connectivity index (χ0v) is 18.8. The molecule has 1 aliphatic heterocycles. The van der Waals surface area contributed by atoms with Crippen molar-refractivity contribution in [1.82, 2.24) is 14.5 Å². The first-order valence-electron chi connectivity index (χ1n) is 11.2. The molecular formula is C27H24N4O3. The number of nitriles is 1. The van der Waals surface area contributed by atoms with Gasteiger partial charge in [-0.3, -0.25) is 0 Å². The standard InChI is InChI=1S/C27H24N4O3/c1-18-2-6-21(7-3-18)26-23(20-8-4-19(15-28)5-9-20)14-25-24(29-26)10-11-30(25)16-22-17-31(27(32)33)12-13-34-22/h2-11,14,22H,12-13,16-17H2,1H3,(H,32,33)/t22-/m1/s1. The second kappa shape index (κ2) is 9.00. The van der Waals surface area contributed by atoms with Gasteiger partial charge in [-0.25, -0.2) is 9.78 Å². The van der Waals surface area contributed by atoms with Gasteiger partial charge >= 0.3 is 6.09 Å². The predicted octanol–water partition coefficient (Wildman–Crippen LogP) is 4.93. The highest BCUT2D eigenvalue weighted by Crippen LogP contribution is 2.34. The molecule has 1 aliphatic rings. The van der Waals surface area contributed by atoms with E-state index in [2.05, 4.69) is 47.9 Å². The molecule has 2 aromatic carbocycles. The van der Waals surface area contributed by atoms with Crippen LogP contribution in [0.25, 0.3) is 33.4 Å². The van der Waals surface area contributed by atoms with Crippen LogP contribution in [0.15, 0.2) is 66.9 Å². The van der Waals surface area contributed by atoms with Crippen LogP contribution in [0.1, 0.15) is 11.1 Å². The fraction of sp³-hybridized carbons (Fsp3) is 0.222. The summed E-state index contributed by atoms with van der Waals surface area (Å²) in [5, 5.41) is 18.5. The molecule has 2 aromatic heterocycles. The van der Waals surface area contributed by atoms with Gasteiger partial charge in [-0.15, -0.1) is 0 Å². The lowest BCUT2D eigenvalue weighted by Crippen LogP contribution is -2.46. The third-order valence-corrected chi connectivity index (χ3v) is 6.21. The number of ether oxygens (including phenoxy) is 1. The van der Waals surface area contributed by atoms with Gasteiger partial charge in [-0.05, 0) is 36.8 Å². The number of aromatic nitrogens is 2. The number of aryl methyl sites for hydroxylation is 1. The van der Waals surface area contributed by atoms with Crippen LogP contribution in [0.4, 0.5) is 4.79 Å². The minimum Gasteiger partial charge on any atom is -0.465 e. The fourth-order valence-corrected chi connectivity index (χ4v) is 4.37. The van der Waals surface area contributed by atoms with E-state index in [0.717, 1.165) is 33.4 Å².